The molecule has 0 bridgehead atoms. The molecule has 0 aliphatic carbocycles. The van der Waals surface area contributed by atoms with Gasteiger partial charge in [0.25, 0.3) is 5.56 Å². The normalized spacial score (nSPS) is 15.6. The lowest BCUT2D eigenvalue weighted by Gasteiger charge is -2.36. The number of nitrogens with one attached hydrogen (secondary N) is 1. The number of fused-ring (bicyclic) bond motifs is 1. The zero-order chi connectivity index (χ0) is 17.3. The molecule has 3 rings (SSSR count). The molecule has 2 aromatic rings. The zero-order valence-corrected chi connectivity index (χ0v) is 14.2. The molecule has 0 spiro atoms. The van der Waals surface area contributed by atoms with Gasteiger partial charge < -0.3 is 19.5 Å². The number of amides is 1. The average Bonchev–Trinajstić information content (AvgIpc) is 2.53. The highest BCUT2D eigenvalue weighted by Gasteiger charge is 2.26. The molecule has 1 aromatic carbocycles. The number of anilines is 1. The Labute approximate surface area is 140 Å². The van der Waals surface area contributed by atoms with Crippen molar-refractivity contribution < 1.29 is 9.53 Å². The van der Waals surface area contributed by atoms with E-state index in [0.717, 1.165) is 5.69 Å². The number of hydrogen-bond donors (Lipinski definition) is 1. The summed E-state index contributed by atoms with van der Waals surface area (Å²) in [6, 6.07) is 5.66. The highest BCUT2D eigenvalue weighted by atomic mass is 16.6. The summed E-state index contributed by atoms with van der Waals surface area (Å²) in [4.78, 5) is 34.6. The summed E-state index contributed by atoms with van der Waals surface area (Å²) in [6.45, 7) is 8.17. The topological polar surface area (TPSA) is 78.5 Å². The fourth-order valence-electron chi connectivity index (χ4n) is 2.73. The zero-order valence-electron chi connectivity index (χ0n) is 14.2. The van der Waals surface area contributed by atoms with Gasteiger partial charge in [0.1, 0.15) is 5.60 Å². The molecule has 1 aromatic heterocycles. The number of rotatable bonds is 1. The van der Waals surface area contributed by atoms with Crippen LogP contribution in [0.4, 0.5) is 10.5 Å². The number of nitrogens with zero attached hydrogens (tertiary/aromatic N) is 3. The van der Waals surface area contributed by atoms with Gasteiger partial charge in [-0.2, -0.15) is 0 Å². The molecule has 0 unspecified atom stereocenters. The van der Waals surface area contributed by atoms with E-state index in [4.69, 9.17) is 4.74 Å². The van der Waals surface area contributed by atoms with Crippen LogP contribution in [0.2, 0.25) is 0 Å². The van der Waals surface area contributed by atoms with E-state index >= 15 is 0 Å². The van der Waals surface area contributed by atoms with Crippen molar-refractivity contribution in [2.45, 2.75) is 26.4 Å². The molecule has 1 aliphatic rings. The molecule has 1 amide bonds. The summed E-state index contributed by atoms with van der Waals surface area (Å²) in [5, 5.41) is 0.574. The van der Waals surface area contributed by atoms with Crippen LogP contribution in [0.1, 0.15) is 20.8 Å². The standard InChI is InChI=1S/C17H22N4O3/c1-17(2,3)24-16(23)21-8-6-20(7-9-21)12-4-5-14-13(10-12)15(22)19-11-18-14/h4-5,10-11H,6-9H2,1-3H3,(H,18,19,22). The molecular weight excluding hydrogens is 308 g/mol. The second-order valence-electron chi connectivity index (χ2n) is 6.89. The number of ether oxygens (including phenoxy) is 1. The summed E-state index contributed by atoms with van der Waals surface area (Å²) in [5.74, 6) is 0. The summed E-state index contributed by atoms with van der Waals surface area (Å²) >= 11 is 0. The molecule has 1 N–H and O–H groups in total. The third kappa shape index (κ3) is 3.50. The second-order valence-corrected chi connectivity index (χ2v) is 6.89. The van der Waals surface area contributed by atoms with E-state index in [1.807, 2.05) is 39.0 Å². The van der Waals surface area contributed by atoms with Crippen molar-refractivity contribution in [3.63, 3.8) is 0 Å². The minimum atomic E-state index is -0.486. The van der Waals surface area contributed by atoms with Crippen LogP contribution in [0.3, 0.4) is 0 Å². The van der Waals surface area contributed by atoms with Gasteiger partial charge in [-0.25, -0.2) is 9.78 Å². The minimum Gasteiger partial charge on any atom is -0.444 e. The van der Waals surface area contributed by atoms with Crippen molar-refractivity contribution in [1.82, 2.24) is 14.9 Å². The minimum absolute atomic E-state index is 0.144. The molecule has 24 heavy (non-hydrogen) atoms. The maximum absolute atomic E-state index is 12.1. The summed E-state index contributed by atoms with van der Waals surface area (Å²) in [6.07, 6.45) is 1.13. The van der Waals surface area contributed by atoms with E-state index in [2.05, 4.69) is 14.9 Å². The quantitative estimate of drug-likeness (QED) is 0.865. The molecular formula is C17H22N4O3. The molecule has 7 nitrogen and oxygen atoms in total. The molecule has 128 valence electrons. The SMILES string of the molecule is CC(C)(C)OC(=O)N1CCN(c2ccc3nc[nH]c(=O)c3c2)CC1. The highest BCUT2D eigenvalue weighted by molar-refractivity contribution is 5.81. The van der Waals surface area contributed by atoms with Gasteiger partial charge in [0.2, 0.25) is 0 Å². The van der Waals surface area contributed by atoms with Gasteiger partial charge in [-0.1, -0.05) is 0 Å². The van der Waals surface area contributed by atoms with E-state index in [1.54, 1.807) is 4.90 Å². The molecule has 1 saturated heterocycles. The van der Waals surface area contributed by atoms with Gasteiger partial charge in [-0.3, -0.25) is 4.79 Å². The fraction of sp³-hybridized carbons (Fsp3) is 0.471. The maximum atomic E-state index is 12.1. The van der Waals surface area contributed by atoms with E-state index in [9.17, 15) is 9.59 Å². The fourth-order valence-corrected chi connectivity index (χ4v) is 2.73. The van der Waals surface area contributed by atoms with Crippen LogP contribution < -0.4 is 10.5 Å². The number of aromatic amines is 1. The van der Waals surface area contributed by atoms with Crippen molar-refractivity contribution in [3.05, 3.63) is 34.9 Å². The van der Waals surface area contributed by atoms with E-state index < -0.39 is 5.60 Å². The largest absolute Gasteiger partial charge is 0.444 e. The first kappa shape index (κ1) is 16.3. The number of benzene rings is 1. The van der Waals surface area contributed by atoms with Gasteiger partial charge in [0.05, 0.1) is 17.2 Å². The molecule has 1 aliphatic heterocycles. The van der Waals surface area contributed by atoms with Crippen molar-refractivity contribution in [3.8, 4) is 0 Å². The number of hydrogen-bond acceptors (Lipinski definition) is 5. The number of H-pyrrole nitrogens is 1. The first-order chi connectivity index (χ1) is 11.3. The van der Waals surface area contributed by atoms with Gasteiger partial charge >= 0.3 is 6.09 Å². The lowest BCUT2D eigenvalue weighted by molar-refractivity contribution is 0.0240. The van der Waals surface area contributed by atoms with Crippen molar-refractivity contribution in [1.29, 1.82) is 0 Å². The third-order valence-electron chi connectivity index (χ3n) is 3.92. The molecule has 0 saturated carbocycles. The predicted molar refractivity (Wildman–Crippen MR) is 92.4 cm³/mol. The van der Waals surface area contributed by atoms with Gasteiger partial charge in [0.15, 0.2) is 0 Å². The second kappa shape index (κ2) is 6.14. The number of carbonyl (C=O) groups excluding carboxylic acids is 1. The number of aromatic nitrogens is 2. The van der Waals surface area contributed by atoms with Crippen LogP contribution in [0.25, 0.3) is 10.9 Å². The first-order valence-electron chi connectivity index (χ1n) is 8.04. The Morgan fingerprint density at radius 2 is 1.92 bits per heavy atom. The summed E-state index contributed by atoms with van der Waals surface area (Å²) in [5.41, 5.74) is 1.01. The lowest BCUT2D eigenvalue weighted by Crippen LogP contribution is -2.50. The highest BCUT2D eigenvalue weighted by Crippen LogP contribution is 2.21. The van der Waals surface area contributed by atoms with Crippen molar-refractivity contribution in [2.75, 3.05) is 31.1 Å². The Balaban J connectivity index is 1.70. The van der Waals surface area contributed by atoms with Gasteiger partial charge in [-0.05, 0) is 39.0 Å². The Bertz CT molecular complexity index is 801. The predicted octanol–water partition coefficient (Wildman–Crippen LogP) is 1.98. The van der Waals surface area contributed by atoms with Gasteiger partial charge in [0, 0.05) is 31.9 Å². The van der Waals surface area contributed by atoms with E-state index in [1.165, 1.54) is 6.33 Å². The van der Waals surface area contributed by atoms with Crippen LogP contribution in [0, 0.1) is 0 Å². The number of piperazine rings is 1. The Hall–Kier alpha value is -2.57. The van der Waals surface area contributed by atoms with Crippen LogP contribution >= 0.6 is 0 Å². The van der Waals surface area contributed by atoms with Crippen LogP contribution in [0.15, 0.2) is 29.3 Å². The molecule has 0 atom stereocenters. The third-order valence-corrected chi connectivity index (χ3v) is 3.92. The van der Waals surface area contributed by atoms with Crippen LogP contribution in [-0.4, -0.2) is 52.7 Å². The lowest BCUT2D eigenvalue weighted by atomic mass is 10.2. The van der Waals surface area contributed by atoms with Crippen LogP contribution in [0.5, 0.6) is 0 Å². The average molecular weight is 330 g/mol. The van der Waals surface area contributed by atoms with E-state index in [-0.39, 0.29) is 11.7 Å². The van der Waals surface area contributed by atoms with Crippen molar-refractivity contribution >= 4 is 22.7 Å². The van der Waals surface area contributed by atoms with Gasteiger partial charge in [-0.15, -0.1) is 0 Å². The molecule has 7 heteroatoms. The van der Waals surface area contributed by atoms with Crippen LogP contribution in [-0.2, 0) is 4.74 Å². The smallest absolute Gasteiger partial charge is 0.410 e. The van der Waals surface area contributed by atoms with Crippen molar-refractivity contribution in [2.24, 2.45) is 0 Å². The molecule has 1 fully saturated rings. The first-order valence-corrected chi connectivity index (χ1v) is 8.04. The Morgan fingerprint density at radius 3 is 2.58 bits per heavy atom. The maximum Gasteiger partial charge on any atom is 0.410 e. The Kier molecular flexibility index (Phi) is 4.17. The summed E-state index contributed by atoms with van der Waals surface area (Å²) in [7, 11) is 0. The Morgan fingerprint density at radius 1 is 1.21 bits per heavy atom. The molecule has 0 radical (unpaired) electrons. The summed E-state index contributed by atoms with van der Waals surface area (Å²) < 4.78 is 5.41. The number of carbonyl (C=O) groups is 1. The van der Waals surface area contributed by atoms with E-state index in [0.29, 0.717) is 37.1 Å². The molecule has 2 heterocycles. The monoisotopic (exact) mass is 330 g/mol.